The van der Waals surface area contributed by atoms with Crippen LogP contribution in [0.5, 0.6) is 0 Å². The summed E-state index contributed by atoms with van der Waals surface area (Å²) in [7, 11) is 3.02. The van der Waals surface area contributed by atoms with Crippen molar-refractivity contribution < 1.29 is 64.2 Å². The quantitative estimate of drug-likeness (QED) is 0.0145. The number of aliphatic carboxylic acids is 1. The molecular formula is C73H104B3BrN18O21. The molecule has 43 heteroatoms. The third-order valence-electron chi connectivity index (χ3n) is 20.3. The summed E-state index contributed by atoms with van der Waals surface area (Å²) in [5, 5.41) is 92.0. The van der Waals surface area contributed by atoms with E-state index in [4.69, 9.17) is 33.1 Å². The van der Waals surface area contributed by atoms with E-state index >= 15 is 0 Å². The number of H-pyrrole nitrogens is 4. The number of nitrogens with one attached hydrogen (secondary N) is 4. The molecule has 0 bridgehead atoms. The van der Waals surface area contributed by atoms with Gasteiger partial charge in [-0.1, -0.05) is 103 Å². The number of fused-ring (bicyclic) bond motifs is 2. The molecule has 3 aliphatic heterocycles. The molecule has 3 fully saturated rings. The highest BCUT2D eigenvalue weighted by Crippen LogP contribution is 2.40. The van der Waals surface area contributed by atoms with E-state index < -0.39 is 87.2 Å². The number of nitro benzene ring substituents is 4. The van der Waals surface area contributed by atoms with Gasteiger partial charge in [0, 0.05) is 68.3 Å². The van der Waals surface area contributed by atoms with Crippen LogP contribution in [0, 0.1) is 91.3 Å². The number of amides is 3. The molecule has 6 atom stereocenters. The number of carboxylic acids is 1. The number of anilines is 3. The van der Waals surface area contributed by atoms with Gasteiger partial charge in [-0.25, -0.2) is 0 Å². The van der Waals surface area contributed by atoms with E-state index in [1.54, 1.807) is 92.3 Å². The zero-order chi connectivity index (χ0) is 88.6. The summed E-state index contributed by atoms with van der Waals surface area (Å²) in [5.41, 5.74) is 26.0. The van der Waals surface area contributed by atoms with Crippen molar-refractivity contribution >= 4 is 123 Å². The Hall–Kier alpha value is -10.8. The van der Waals surface area contributed by atoms with E-state index in [0.29, 0.717) is 40.5 Å². The highest BCUT2D eigenvalue weighted by molar-refractivity contribution is 9.08. The van der Waals surface area contributed by atoms with Gasteiger partial charge in [0.2, 0.25) is 17.7 Å². The number of nitrogens with zero attached hydrogens (tertiary/aromatic N) is 10. The summed E-state index contributed by atoms with van der Waals surface area (Å²) < 4.78 is 0. The Morgan fingerprint density at radius 2 is 0.862 bits per heavy atom. The van der Waals surface area contributed by atoms with Crippen molar-refractivity contribution in [2.75, 3.05) is 44.9 Å². The number of halogens is 1. The highest BCUT2D eigenvalue weighted by atomic mass is 79.9. The molecule has 0 aliphatic carbocycles. The predicted octanol–water partition coefficient (Wildman–Crippen LogP) is 5.33. The maximum Gasteiger partial charge on any atom is 0.378 e. The van der Waals surface area contributed by atoms with Crippen molar-refractivity contribution in [3.8, 4) is 0 Å². The lowest BCUT2D eigenvalue weighted by molar-refractivity contribution is -0.385. The number of likely N-dealkylation sites (N-methyl/N-ethyl adjacent to an activating group) is 3. The molecule has 7 aromatic rings. The predicted molar refractivity (Wildman–Crippen MR) is 446 cm³/mol. The fraction of sp³-hybridized carbons (Fsp3) is 0.479. The Balaban J connectivity index is 0.000000255. The summed E-state index contributed by atoms with van der Waals surface area (Å²) in [6, 6.07) is 11.2. The first-order valence-electron chi connectivity index (χ1n) is 36.5. The third-order valence-corrected chi connectivity index (χ3v) is 20.8. The zero-order valence-corrected chi connectivity index (χ0v) is 70.1. The molecular weight excluding hydrogens is 1580 g/mol. The van der Waals surface area contributed by atoms with Gasteiger partial charge in [-0.3, -0.25) is 93.2 Å². The summed E-state index contributed by atoms with van der Waals surface area (Å²) in [6.45, 7) is 32.1. The number of carbonyl (C=O) groups excluding carboxylic acids is 3. The van der Waals surface area contributed by atoms with Gasteiger partial charge >= 0.3 is 49.4 Å². The Bertz CT molecular complexity index is 5090. The van der Waals surface area contributed by atoms with E-state index in [-0.39, 0.29) is 134 Å². The number of aliphatic hydroxyl groups excluding tert-OH is 1. The lowest BCUT2D eigenvalue weighted by Gasteiger charge is -2.39. The van der Waals surface area contributed by atoms with Crippen LogP contribution in [0.2, 0.25) is 20.5 Å². The van der Waals surface area contributed by atoms with Gasteiger partial charge in [-0.05, 0) is 135 Å². The number of rotatable bonds is 16. The van der Waals surface area contributed by atoms with Crippen molar-refractivity contribution in [1.29, 1.82) is 0 Å². The molecule has 2 aromatic heterocycles. The largest absolute Gasteiger partial charge is 0.480 e. The Morgan fingerprint density at radius 1 is 0.517 bits per heavy atom. The highest BCUT2D eigenvalue weighted by Gasteiger charge is 2.53. The van der Waals surface area contributed by atoms with Crippen LogP contribution in [0.25, 0.3) is 22.1 Å². The number of nitrogens with two attached hydrogens (primary N) is 4. The van der Waals surface area contributed by atoms with Gasteiger partial charge < -0.3 is 82.9 Å². The standard InChI is InChI=1S/C19H27BN4O4.C17H27BN4O4.C12H12N4O6.C9H19BN2O2.C8H9BrN2O2.C8H10N2O3/c1-10-7-8-12-14(22-16(26)15(25)21-12)11(10)9-13-17(27)23(6)18(19(2,3)4)24(13)20(5)28;1-10-7-8-12(22(25)26)14(19)11(10)9-13-15(23)20(6)16(17(2,3)4)21(13)18(5)24;1-4-5(2-6(13)12(19)20)9-7(3-8(4)16(21)22)14-10(17)11(18)15-9;1-9(2,3)8-11(5)7(13)6-12(8)10(4)14;1-5-2-3-7(11(12)13)8(10)6(5)4-9;1-5-2-3-7(10(12)13)8(9)6(5)4-11/h7-8,13,18,28H,9H2,1-6H3,(H,21,25)(H,22,26);7-8,13,16,24H,9,19H2,1-6H3;3,6H,2,13H2,1H3,(H,14,17)(H,15,18)(H,19,20);8,14H,6H2,1-5H3;2-3H,4,10H2,1H3;2-3,11H,4,9H2,1H3/t13?,18-;13?,16-;;;;/m00..../s1. The molecule has 4 unspecified atom stereocenters. The minimum atomic E-state index is -1.31. The third kappa shape index (κ3) is 21.6. The fourth-order valence-corrected chi connectivity index (χ4v) is 15.5. The van der Waals surface area contributed by atoms with Crippen LogP contribution < -0.4 is 45.2 Å². The average Bonchev–Trinajstić information content (AvgIpc) is 1.57. The van der Waals surface area contributed by atoms with Gasteiger partial charge in [0.1, 0.15) is 23.1 Å². The topological polar surface area (TPSA) is 597 Å². The van der Waals surface area contributed by atoms with E-state index in [0.717, 1.165) is 39.4 Å². The first-order chi connectivity index (χ1) is 53.4. The first-order valence-corrected chi connectivity index (χ1v) is 37.6. The van der Waals surface area contributed by atoms with Crippen LogP contribution in [0.3, 0.4) is 0 Å². The number of carbonyl (C=O) groups is 4. The second-order valence-corrected chi connectivity index (χ2v) is 32.5. The van der Waals surface area contributed by atoms with Crippen LogP contribution in [0.1, 0.15) is 118 Å². The van der Waals surface area contributed by atoms with E-state index in [1.807, 2.05) is 78.0 Å². The fourth-order valence-electron chi connectivity index (χ4n) is 14.8. The number of hydrogen-bond acceptors (Lipinski definition) is 27. The molecule has 3 saturated heterocycles. The minimum Gasteiger partial charge on any atom is -0.480 e. The molecule has 0 saturated carbocycles. The van der Waals surface area contributed by atoms with Gasteiger partial charge in [0.25, 0.3) is 22.7 Å². The molecule has 3 amide bonds. The molecule has 17 N–H and O–H groups in total. The molecule has 39 nitrogen and oxygen atoms in total. The SMILES string of the molecule is CB(O)N1C(Cc2c(C)ccc([N+](=O)[O-])c2N)C(=O)N(C)[C@@H]1C(C)(C)C.CB(O)N1C(Cc2c(C)ccc3[nH]c(=O)c(=O)[nH]c23)C(=O)N(C)[C@@H]1C(C)(C)C.CB(O)N1CC(=O)N(C)C1C(C)(C)C.Cc1c([N+](=O)[O-])cc2[nH]c(=O)c(=O)[nH]c2c1CC(N)C(=O)O.Cc1ccc([N+](=O)[O-])c(N)c1CBr.Cc1ccc([N+](=O)[O-])c(N)c1CO. The van der Waals surface area contributed by atoms with Crippen LogP contribution in [-0.2, 0) is 50.4 Å². The number of benzene rings is 5. The number of carboxylic acid groups (broad SMARTS) is 1. The number of aryl methyl sites for hydroxylation is 4. The summed E-state index contributed by atoms with van der Waals surface area (Å²) in [5.74, 6) is -1.42. The summed E-state index contributed by atoms with van der Waals surface area (Å²) in [6.07, 6.45) is -0.290. The normalized spacial score (nSPS) is 17.4. The van der Waals surface area contributed by atoms with Gasteiger partial charge in [0.15, 0.2) is 0 Å². The lowest BCUT2D eigenvalue weighted by atomic mass is 9.78. The number of aliphatic hydroxyl groups is 1. The van der Waals surface area contributed by atoms with E-state index in [2.05, 4.69) is 56.6 Å². The molecule has 3 aliphatic rings. The van der Waals surface area contributed by atoms with E-state index in [1.165, 1.54) is 25.1 Å². The van der Waals surface area contributed by atoms with Crippen LogP contribution >= 0.6 is 15.9 Å². The molecule has 116 heavy (non-hydrogen) atoms. The number of hydrogen-bond donors (Lipinski definition) is 13. The Labute approximate surface area is 676 Å². The summed E-state index contributed by atoms with van der Waals surface area (Å²) >= 11 is 3.24. The first kappa shape index (κ1) is 95.8. The number of nitrogen functional groups attached to an aromatic ring is 3. The Kier molecular flexibility index (Phi) is 31.6. The molecule has 5 aromatic carbocycles. The van der Waals surface area contributed by atoms with Crippen molar-refractivity contribution in [1.82, 2.24) is 49.1 Å². The average molecular weight is 1680 g/mol. The van der Waals surface area contributed by atoms with Gasteiger partial charge in [0.05, 0.1) is 85.5 Å². The van der Waals surface area contributed by atoms with Crippen molar-refractivity contribution in [3.05, 3.63) is 192 Å². The second-order valence-electron chi connectivity index (χ2n) is 31.9. The number of aromatic amines is 4. The van der Waals surface area contributed by atoms with E-state index in [9.17, 15) is 93.9 Å². The van der Waals surface area contributed by atoms with Gasteiger partial charge in [-0.15, -0.1) is 0 Å². The summed E-state index contributed by atoms with van der Waals surface area (Å²) in [4.78, 5) is 156. The number of nitro groups is 4. The minimum absolute atomic E-state index is 0.0185. The van der Waals surface area contributed by atoms with Crippen LogP contribution in [0.4, 0.5) is 39.8 Å². The molecule has 0 radical (unpaired) electrons. The smallest absolute Gasteiger partial charge is 0.378 e. The van der Waals surface area contributed by atoms with Crippen molar-refractivity contribution in [2.24, 2.45) is 22.0 Å². The van der Waals surface area contributed by atoms with Gasteiger partial charge in [-0.2, -0.15) is 0 Å². The monoisotopic (exact) mass is 1680 g/mol. The Morgan fingerprint density at radius 3 is 1.22 bits per heavy atom. The van der Waals surface area contributed by atoms with Crippen molar-refractivity contribution in [3.63, 3.8) is 0 Å². The van der Waals surface area contributed by atoms with Crippen LogP contribution in [0.15, 0.2) is 73.8 Å². The maximum atomic E-state index is 13.1. The lowest BCUT2D eigenvalue weighted by Crippen LogP contribution is -2.54. The van der Waals surface area contributed by atoms with Crippen molar-refractivity contribution in [2.45, 2.75) is 185 Å². The molecule has 0 spiro atoms. The van der Waals surface area contributed by atoms with Crippen LogP contribution in [-0.4, -0.2) is 203 Å². The second kappa shape index (κ2) is 38.3. The molecule has 628 valence electrons. The zero-order valence-electron chi connectivity index (χ0n) is 68.6. The molecule has 10 rings (SSSR count). The number of alkyl halides is 1. The number of aromatic nitrogens is 4. The molecule has 5 heterocycles. The maximum absolute atomic E-state index is 13.1.